The van der Waals surface area contributed by atoms with E-state index in [1.54, 1.807) is 6.07 Å². The summed E-state index contributed by atoms with van der Waals surface area (Å²) >= 11 is 3.25. The number of imidazole rings is 1. The van der Waals surface area contributed by atoms with Gasteiger partial charge in [-0.25, -0.2) is 9.37 Å². The van der Waals surface area contributed by atoms with E-state index < -0.39 is 0 Å². The maximum absolute atomic E-state index is 13.6. The Labute approximate surface area is 126 Å². The molecule has 2 unspecified atom stereocenters. The third-order valence-electron chi connectivity index (χ3n) is 4.28. The van der Waals surface area contributed by atoms with Crippen LogP contribution in [0.3, 0.4) is 0 Å². The topological polar surface area (TPSA) is 43.8 Å². The number of anilines is 1. The molecule has 2 atom stereocenters. The Bertz CT molecular complexity index is 642. The zero-order chi connectivity index (χ0) is 14.4. The number of rotatable bonds is 1. The van der Waals surface area contributed by atoms with Gasteiger partial charge >= 0.3 is 0 Å². The van der Waals surface area contributed by atoms with Gasteiger partial charge in [0.2, 0.25) is 5.95 Å². The lowest BCUT2D eigenvalue weighted by molar-refractivity contribution is 0.226. The first-order valence-corrected chi connectivity index (χ1v) is 7.87. The molecule has 0 radical (unpaired) electrons. The van der Waals surface area contributed by atoms with Crippen molar-refractivity contribution in [1.82, 2.24) is 9.55 Å². The van der Waals surface area contributed by atoms with Crippen molar-refractivity contribution in [2.45, 2.75) is 39.2 Å². The summed E-state index contributed by atoms with van der Waals surface area (Å²) in [5, 5.41) is 0. The molecule has 0 saturated heterocycles. The highest BCUT2D eigenvalue weighted by molar-refractivity contribution is 9.10. The summed E-state index contributed by atoms with van der Waals surface area (Å²) in [5.41, 5.74) is 7.64. The molecule has 2 N–H and O–H groups in total. The Hall–Kier alpha value is -1.10. The molecule has 5 heteroatoms. The highest BCUT2D eigenvalue weighted by atomic mass is 79.9. The van der Waals surface area contributed by atoms with Crippen molar-refractivity contribution in [3.8, 4) is 0 Å². The van der Waals surface area contributed by atoms with E-state index in [1.807, 2.05) is 0 Å². The number of fused-ring (bicyclic) bond motifs is 1. The Morgan fingerprint density at radius 1 is 1.25 bits per heavy atom. The smallest absolute Gasteiger partial charge is 0.201 e. The van der Waals surface area contributed by atoms with Gasteiger partial charge in [-0.2, -0.15) is 0 Å². The van der Waals surface area contributed by atoms with E-state index in [9.17, 15) is 4.39 Å². The molecule has 1 aromatic carbocycles. The van der Waals surface area contributed by atoms with Crippen molar-refractivity contribution in [3.05, 3.63) is 22.4 Å². The van der Waals surface area contributed by atoms with Gasteiger partial charge < -0.3 is 10.3 Å². The molecule has 20 heavy (non-hydrogen) atoms. The van der Waals surface area contributed by atoms with Crippen LogP contribution in [0.1, 0.15) is 39.2 Å². The second-order valence-corrected chi connectivity index (χ2v) is 7.02. The van der Waals surface area contributed by atoms with Crippen LogP contribution in [0.25, 0.3) is 11.0 Å². The van der Waals surface area contributed by atoms with Crippen LogP contribution in [-0.4, -0.2) is 9.55 Å². The van der Waals surface area contributed by atoms with E-state index in [4.69, 9.17) is 5.73 Å². The Morgan fingerprint density at radius 3 is 2.55 bits per heavy atom. The van der Waals surface area contributed by atoms with Crippen molar-refractivity contribution >= 4 is 32.9 Å². The maximum atomic E-state index is 13.6. The standard InChI is InChI=1S/C15H19BrFN3/c1-8-3-9(2)5-10(4-8)20-14-6-11(16)12(17)7-13(14)19-15(20)18/h6-10H,3-5H2,1-2H3,(H2,18,19). The predicted molar refractivity (Wildman–Crippen MR) is 83.0 cm³/mol. The van der Waals surface area contributed by atoms with Crippen LogP contribution in [0.15, 0.2) is 16.6 Å². The monoisotopic (exact) mass is 339 g/mol. The molecule has 0 amide bonds. The van der Waals surface area contributed by atoms with Gasteiger partial charge in [0.25, 0.3) is 0 Å². The molecule has 1 fully saturated rings. The summed E-state index contributed by atoms with van der Waals surface area (Å²) in [6.07, 6.45) is 3.48. The van der Waals surface area contributed by atoms with Gasteiger partial charge in [-0.05, 0) is 53.1 Å². The average Bonchev–Trinajstić information content (AvgIpc) is 2.64. The number of nitrogens with two attached hydrogens (primary N) is 1. The summed E-state index contributed by atoms with van der Waals surface area (Å²) in [5.74, 6) is 1.56. The molecule has 1 aliphatic carbocycles. The molecular formula is C15H19BrFN3. The summed E-state index contributed by atoms with van der Waals surface area (Å²) in [7, 11) is 0. The lowest BCUT2D eigenvalue weighted by Crippen LogP contribution is -2.23. The van der Waals surface area contributed by atoms with Crippen molar-refractivity contribution in [1.29, 1.82) is 0 Å². The van der Waals surface area contributed by atoms with Gasteiger partial charge in [-0.1, -0.05) is 13.8 Å². The molecule has 1 heterocycles. The van der Waals surface area contributed by atoms with Crippen LogP contribution < -0.4 is 5.73 Å². The number of nitrogen functional groups attached to an aromatic ring is 1. The average molecular weight is 340 g/mol. The first-order chi connectivity index (χ1) is 9.45. The quantitative estimate of drug-likeness (QED) is 0.830. The minimum absolute atomic E-state index is 0.299. The zero-order valence-corrected chi connectivity index (χ0v) is 13.3. The fourth-order valence-electron chi connectivity index (χ4n) is 3.61. The number of aromatic nitrogens is 2. The first kappa shape index (κ1) is 13.9. The highest BCUT2D eigenvalue weighted by Gasteiger charge is 2.27. The van der Waals surface area contributed by atoms with E-state index >= 15 is 0 Å². The third kappa shape index (κ3) is 2.32. The molecular weight excluding hydrogens is 321 g/mol. The molecule has 2 aromatic rings. The summed E-state index contributed by atoms with van der Waals surface area (Å²) < 4.78 is 16.2. The van der Waals surface area contributed by atoms with Gasteiger partial charge in [-0.3, -0.25) is 0 Å². The minimum atomic E-state index is -0.299. The second kappa shape index (κ2) is 5.02. The first-order valence-electron chi connectivity index (χ1n) is 7.08. The summed E-state index contributed by atoms with van der Waals surface area (Å²) in [6, 6.07) is 3.59. The largest absolute Gasteiger partial charge is 0.369 e. The Balaban J connectivity index is 2.10. The van der Waals surface area contributed by atoms with Gasteiger partial charge in [0.1, 0.15) is 5.82 Å². The summed E-state index contributed by atoms with van der Waals surface area (Å²) in [4.78, 5) is 4.32. The van der Waals surface area contributed by atoms with Crippen LogP contribution in [-0.2, 0) is 0 Å². The molecule has 3 rings (SSSR count). The van der Waals surface area contributed by atoms with Crippen LogP contribution in [0.2, 0.25) is 0 Å². The van der Waals surface area contributed by atoms with Crippen LogP contribution >= 0.6 is 15.9 Å². The van der Waals surface area contributed by atoms with Gasteiger partial charge in [0, 0.05) is 12.1 Å². The van der Waals surface area contributed by atoms with Crippen LogP contribution in [0.5, 0.6) is 0 Å². The SMILES string of the molecule is CC1CC(C)CC(n2c(N)nc3cc(F)c(Br)cc32)C1. The van der Waals surface area contributed by atoms with E-state index in [-0.39, 0.29) is 5.82 Å². The Kier molecular flexibility index (Phi) is 3.48. The maximum Gasteiger partial charge on any atom is 0.201 e. The lowest BCUT2D eigenvalue weighted by atomic mass is 9.80. The molecule has 3 nitrogen and oxygen atoms in total. The van der Waals surface area contributed by atoms with Crippen LogP contribution in [0, 0.1) is 17.7 Å². The number of hydrogen-bond acceptors (Lipinski definition) is 2. The number of benzene rings is 1. The highest BCUT2D eigenvalue weighted by Crippen LogP contribution is 2.39. The second-order valence-electron chi connectivity index (χ2n) is 6.17. The molecule has 1 aromatic heterocycles. The molecule has 1 aliphatic rings. The van der Waals surface area contributed by atoms with Crippen molar-refractivity contribution in [2.75, 3.05) is 5.73 Å². The molecule has 0 bridgehead atoms. The van der Waals surface area contributed by atoms with Gasteiger partial charge in [0.05, 0.1) is 15.5 Å². The van der Waals surface area contributed by atoms with E-state index in [1.165, 1.54) is 12.5 Å². The molecule has 108 valence electrons. The normalized spacial score (nSPS) is 27.1. The fourth-order valence-corrected chi connectivity index (χ4v) is 3.94. The van der Waals surface area contributed by atoms with E-state index in [0.717, 1.165) is 18.4 Å². The van der Waals surface area contributed by atoms with Crippen LogP contribution in [0.4, 0.5) is 10.3 Å². The summed E-state index contributed by atoms with van der Waals surface area (Å²) in [6.45, 7) is 4.57. The fraction of sp³-hybridized carbons (Fsp3) is 0.533. The molecule has 1 saturated carbocycles. The van der Waals surface area contributed by atoms with Gasteiger partial charge in [0.15, 0.2) is 0 Å². The third-order valence-corrected chi connectivity index (χ3v) is 4.89. The minimum Gasteiger partial charge on any atom is -0.369 e. The van der Waals surface area contributed by atoms with E-state index in [0.29, 0.717) is 33.8 Å². The number of hydrogen-bond donors (Lipinski definition) is 1. The van der Waals surface area contributed by atoms with E-state index in [2.05, 4.69) is 39.3 Å². The lowest BCUT2D eigenvalue weighted by Gasteiger charge is -2.33. The van der Waals surface area contributed by atoms with Crippen molar-refractivity contribution in [2.24, 2.45) is 11.8 Å². The number of halogens is 2. The van der Waals surface area contributed by atoms with Crippen molar-refractivity contribution in [3.63, 3.8) is 0 Å². The zero-order valence-electron chi connectivity index (χ0n) is 11.7. The molecule has 0 spiro atoms. The number of nitrogens with zero attached hydrogens (tertiary/aromatic N) is 2. The molecule has 0 aliphatic heterocycles. The van der Waals surface area contributed by atoms with Gasteiger partial charge in [-0.15, -0.1) is 0 Å². The Morgan fingerprint density at radius 2 is 1.90 bits per heavy atom. The van der Waals surface area contributed by atoms with Crippen molar-refractivity contribution < 1.29 is 4.39 Å². The predicted octanol–water partition coefficient (Wildman–Crippen LogP) is 4.52.